The predicted octanol–water partition coefficient (Wildman–Crippen LogP) is 5.34. The second kappa shape index (κ2) is 6.41. The zero-order chi connectivity index (χ0) is 14.8. The number of halogens is 2. The SMILES string of the molecule is Cc1cn(-c2ccc(Br)cc2Cl)c(NC2CCCCC2)n1. The molecular weight excluding hydrogens is 350 g/mol. The Kier molecular flexibility index (Phi) is 4.55. The quantitative estimate of drug-likeness (QED) is 0.792. The Hall–Kier alpha value is -1.00. The molecule has 0 spiro atoms. The standard InChI is InChI=1S/C16H19BrClN3/c1-11-10-21(15-8-7-12(17)9-14(15)18)16(19-11)20-13-5-3-2-4-6-13/h7-10,13H,2-6H2,1H3,(H,19,20). The van der Waals surface area contributed by atoms with Crippen molar-refractivity contribution in [1.82, 2.24) is 9.55 Å². The van der Waals surface area contributed by atoms with E-state index in [-0.39, 0.29) is 0 Å². The monoisotopic (exact) mass is 367 g/mol. The van der Waals surface area contributed by atoms with Crippen molar-refractivity contribution in [1.29, 1.82) is 0 Å². The van der Waals surface area contributed by atoms with Crippen LogP contribution in [0.25, 0.3) is 5.69 Å². The van der Waals surface area contributed by atoms with Gasteiger partial charge in [-0.15, -0.1) is 0 Å². The molecule has 5 heteroatoms. The summed E-state index contributed by atoms with van der Waals surface area (Å²) < 4.78 is 3.04. The fraction of sp³-hybridized carbons (Fsp3) is 0.438. The van der Waals surface area contributed by atoms with Gasteiger partial charge in [-0.25, -0.2) is 4.98 Å². The number of rotatable bonds is 3. The van der Waals surface area contributed by atoms with Crippen LogP contribution in [0.4, 0.5) is 5.95 Å². The van der Waals surface area contributed by atoms with Crippen LogP contribution >= 0.6 is 27.5 Å². The summed E-state index contributed by atoms with van der Waals surface area (Å²) in [4.78, 5) is 4.63. The molecule has 0 saturated heterocycles. The van der Waals surface area contributed by atoms with E-state index in [0.717, 1.165) is 21.8 Å². The summed E-state index contributed by atoms with van der Waals surface area (Å²) in [6, 6.07) is 6.45. The summed E-state index contributed by atoms with van der Waals surface area (Å²) in [7, 11) is 0. The zero-order valence-electron chi connectivity index (χ0n) is 12.1. The molecule has 0 unspecified atom stereocenters. The van der Waals surface area contributed by atoms with E-state index in [1.54, 1.807) is 0 Å². The maximum absolute atomic E-state index is 6.38. The molecule has 1 aromatic carbocycles. The first-order chi connectivity index (χ1) is 10.1. The predicted molar refractivity (Wildman–Crippen MR) is 91.5 cm³/mol. The first-order valence-corrected chi connectivity index (χ1v) is 8.58. The normalized spacial score (nSPS) is 16.1. The first kappa shape index (κ1) is 14.9. The third-order valence-corrected chi connectivity index (χ3v) is 4.73. The number of hydrogen-bond donors (Lipinski definition) is 1. The van der Waals surface area contributed by atoms with Gasteiger partial charge in [0.2, 0.25) is 5.95 Å². The number of nitrogens with one attached hydrogen (secondary N) is 1. The molecule has 0 radical (unpaired) electrons. The van der Waals surface area contributed by atoms with Crippen molar-refractivity contribution in [3.05, 3.63) is 39.6 Å². The molecule has 0 amide bonds. The minimum atomic E-state index is 0.522. The average Bonchev–Trinajstić information content (AvgIpc) is 2.80. The van der Waals surface area contributed by atoms with Gasteiger partial charge in [0.25, 0.3) is 0 Å². The Bertz CT molecular complexity index is 632. The van der Waals surface area contributed by atoms with E-state index in [2.05, 4.69) is 30.8 Å². The molecule has 3 nitrogen and oxygen atoms in total. The lowest BCUT2D eigenvalue weighted by Gasteiger charge is -2.23. The van der Waals surface area contributed by atoms with Crippen molar-refractivity contribution in [3.63, 3.8) is 0 Å². The molecule has 1 aromatic heterocycles. The van der Waals surface area contributed by atoms with Gasteiger partial charge in [-0.2, -0.15) is 0 Å². The molecule has 0 atom stereocenters. The van der Waals surface area contributed by atoms with Crippen LogP contribution in [-0.4, -0.2) is 15.6 Å². The van der Waals surface area contributed by atoms with E-state index in [4.69, 9.17) is 11.6 Å². The van der Waals surface area contributed by atoms with E-state index in [1.165, 1.54) is 32.1 Å². The van der Waals surface area contributed by atoms with Crippen molar-refractivity contribution >= 4 is 33.5 Å². The molecule has 3 rings (SSSR count). The molecule has 1 aliphatic carbocycles. The largest absolute Gasteiger partial charge is 0.353 e. The van der Waals surface area contributed by atoms with Gasteiger partial charge in [-0.3, -0.25) is 4.57 Å². The smallest absolute Gasteiger partial charge is 0.208 e. The van der Waals surface area contributed by atoms with Gasteiger partial charge in [0, 0.05) is 16.7 Å². The van der Waals surface area contributed by atoms with E-state index < -0.39 is 0 Å². The van der Waals surface area contributed by atoms with Gasteiger partial charge >= 0.3 is 0 Å². The number of nitrogens with zero attached hydrogens (tertiary/aromatic N) is 2. The minimum absolute atomic E-state index is 0.522. The Labute approximate surface area is 138 Å². The maximum Gasteiger partial charge on any atom is 0.208 e. The second-order valence-electron chi connectivity index (χ2n) is 5.65. The Balaban J connectivity index is 1.91. The Morgan fingerprint density at radius 3 is 2.76 bits per heavy atom. The average molecular weight is 369 g/mol. The van der Waals surface area contributed by atoms with Crippen molar-refractivity contribution < 1.29 is 0 Å². The van der Waals surface area contributed by atoms with Gasteiger partial charge in [0.1, 0.15) is 0 Å². The van der Waals surface area contributed by atoms with Crippen LogP contribution in [0, 0.1) is 6.92 Å². The lowest BCUT2D eigenvalue weighted by atomic mass is 9.96. The highest BCUT2D eigenvalue weighted by atomic mass is 79.9. The van der Waals surface area contributed by atoms with Crippen LogP contribution < -0.4 is 5.32 Å². The Morgan fingerprint density at radius 1 is 1.29 bits per heavy atom. The second-order valence-corrected chi connectivity index (χ2v) is 6.97. The minimum Gasteiger partial charge on any atom is -0.353 e. The van der Waals surface area contributed by atoms with Crippen molar-refractivity contribution in [3.8, 4) is 5.69 Å². The van der Waals surface area contributed by atoms with Crippen molar-refractivity contribution in [2.24, 2.45) is 0 Å². The molecule has 1 heterocycles. The van der Waals surface area contributed by atoms with Crippen molar-refractivity contribution in [2.75, 3.05) is 5.32 Å². The number of aryl methyl sites for hydroxylation is 1. The molecule has 1 N–H and O–H groups in total. The topological polar surface area (TPSA) is 29.9 Å². The lowest BCUT2D eigenvalue weighted by molar-refractivity contribution is 0.460. The first-order valence-electron chi connectivity index (χ1n) is 7.41. The molecule has 1 saturated carbocycles. The van der Waals surface area contributed by atoms with Crippen LogP contribution in [0.5, 0.6) is 0 Å². The van der Waals surface area contributed by atoms with Gasteiger partial charge < -0.3 is 5.32 Å². The van der Waals surface area contributed by atoms with E-state index >= 15 is 0 Å². The molecule has 2 aromatic rings. The molecular formula is C16H19BrClN3. The van der Waals surface area contributed by atoms with Gasteiger partial charge in [-0.1, -0.05) is 46.8 Å². The Morgan fingerprint density at radius 2 is 2.05 bits per heavy atom. The summed E-state index contributed by atoms with van der Waals surface area (Å²) in [6.07, 6.45) is 8.43. The van der Waals surface area contributed by atoms with Gasteiger partial charge in [0.15, 0.2) is 0 Å². The molecule has 112 valence electrons. The van der Waals surface area contributed by atoms with Crippen LogP contribution in [0.1, 0.15) is 37.8 Å². The third kappa shape index (κ3) is 3.43. The van der Waals surface area contributed by atoms with E-state index in [1.807, 2.05) is 31.3 Å². The molecule has 1 fully saturated rings. The number of benzene rings is 1. The summed E-state index contributed by atoms with van der Waals surface area (Å²) in [5.41, 5.74) is 1.95. The van der Waals surface area contributed by atoms with E-state index in [0.29, 0.717) is 11.1 Å². The van der Waals surface area contributed by atoms with Gasteiger partial charge in [-0.05, 0) is 38.0 Å². The lowest BCUT2D eigenvalue weighted by Crippen LogP contribution is -2.24. The molecule has 0 bridgehead atoms. The fourth-order valence-corrected chi connectivity index (χ4v) is 3.65. The number of hydrogen-bond acceptors (Lipinski definition) is 2. The summed E-state index contributed by atoms with van der Waals surface area (Å²) in [6.45, 7) is 2.01. The van der Waals surface area contributed by atoms with Gasteiger partial charge in [0.05, 0.1) is 16.4 Å². The molecule has 1 aliphatic rings. The van der Waals surface area contributed by atoms with Crippen LogP contribution in [-0.2, 0) is 0 Å². The highest BCUT2D eigenvalue weighted by Gasteiger charge is 2.17. The van der Waals surface area contributed by atoms with Crippen LogP contribution in [0.2, 0.25) is 5.02 Å². The number of aromatic nitrogens is 2. The molecule has 0 aliphatic heterocycles. The molecule has 21 heavy (non-hydrogen) atoms. The maximum atomic E-state index is 6.38. The van der Waals surface area contributed by atoms with Crippen molar-refractivity contribution in [2.45, 2.75) is 45.1 Å². The number of anilines is 1. The third-order valence-electron chi connectivity index (χ3n) is 3.93. The highest BCUT2D eigenvalue weighted by molar-refractivity contribution is 9.10. The highest BCUT2D eigenvalue weighted by Crippen LogP contribution is 2.29. The van der Waals surface area contributed by atoms with Crippen LogP contribution in [0.15, 0.2) is 28.9 Å². The fourth-order valence-electron chi connectivity index (χ4n) is 2.89. The zero-order valence-corrected chi connectivity index (χ0v) is 14.4. The summed E-state index contributed by atoms with van der Waals surface area (Å²) in [5, 5.41) is 4.31. The summed E-state index contributed by atoms with van der Waals surface area (Å²) in [5.74, 6) is 0.892. The van der Waals surface area contributed by atoms with Crippen LogP contribution in [0.3, 0.4) is 0 Å². The number of imidazole rings is 1. The summed E-state index contributed by atoms with van der Waals surface area (Å²) >= 11 is 9.83. The van der Waals surface area contributed by atoms with E-state index in [9.17, 15) is 0 Å².